The molecule has 0 spiro atoms. The number of hydrogen-bond donors (Lipinski definition) is 1. The van der Waals surface area contributed by atoms with E-state index in [1.807, 2.05) is 0 Å². The molecule has 0 bridgehead atoms. The van der Waals surface area contributed by atoms with E-state index in [0.717, 1.165) is 5.75 Å². The minimum absolute atomic E-state index is 0.0383. The molecule has 1 aliphatic heterocycles. The molecular formula is C11H18N2O4S. The highest BCUT2D eigenvalue weighted by molar-refractivity contribution is 8.13. The fourth-order valence-corrected chi connectivity index (χ4v) is 2.49. The second kappa shape index (κ2) is 7.25. The van der Waals surface area contributed by atoms with Crippen LogP contribution in [0.5, 0.6) is 0 Å². The number of carbonyl (C=O) groups excluding carboxylic acids is 2. The van der Waals surface area contributed by atoms with Gasteiger partial charge in [-0.15, -0.1) is 0 Å². The molecule has 1 N–H and O–H groups in total. The van der Waals surface area contributed by atoms with Crippen LogP contribution in [-0.4, -0.2) is 64.5 Å². The van der Waals surface area contributed by atoms with Gasteiger partial charge in [0.05, 0.1) is 0 Å². The van der Waals surface area contributed by atoms with E-state index < -0.39 is 5.97 Å². The summed E-state index contributed by atoms with van der Waals surface area (Å²) >= 11 is 1.28. The zero-order chi connectivity index (χ0) is 13.5. The summed E-state index contributed by atoms with van der Waals surface area (Å²) in [5, 5.41) is 8.53. The third kappa shape index (κ3) is 4.95. The molecular weight excluding hydrogens is 256 g/mol. The molecule has 1 rings (SSSR count). The second-order valence-electron chi connectivity index (χ2n) is 4.16. The summed E-state index contributed by atoms with van der Waals surface area (Å²) in [6, 6.07) is 0. The Morgan fingerprint density at radius 2 is 2.17 bits per heavy atom. The molecule has 18 heavy (non-hydrogen) atoms. The number of carbonyl (C=O) groups is 3. The van der Waals surface area contributed by atoms with Crippen molar-refractivity contribution in [1.82, 2.24) is 9.80 Å². The topological polar surface area (TPSA) is 77.9 Å². The Morgan fingerprint density at radius 3 is 2.72 bits per heavy atom. The maximum Gasteiger partial charge on any atom is 0.303 e. The first-order valence-corrected chi connectivity index (χ1v) is 6.86. The quantitative estimate of drug-likeness (QED) is 0.745. The van der Waals surface area contributed by atoms with Crippen LogP contribution >= 0.6 is 11.8 Å². The molecule has 6 nitrogen and oxygen atoms in total. The standard InChI is InChI=1S/C11H18N2O4S/c1-12(5-2-3-10(15)16)9(14)4-6-13-7-8-18-11(13)17/h2-8H2,1H3,(H,15,16). The molecule has 0 aromatic carbocycles. The van der Waals surface area contributed by atoms with Crippen molar-refractivity contribution in [3.8, 4) is 0 Å². The van der Waals surface area contributed by atoms with E-state index in [0.29, 0.717) is 32.5 Å². The Morgan fingerprint density at radius 1 is 1.44 bits per heavy atom. The zero-order valence-corrected chi connectivity index (χ0v) is 11.2. The zero-order valence-electron chi connectivity index (χ0n) is 10.4. The highest BCUT2D eigenvalue weighted by atomic mass is 32.2. The predicted molar refractivity (Wildman–Crippen MR) is 68.6 cm³/mol. The van der Waals surface area contributed by atoms with E-state index in [1.165, 1.54) is 16.7 Å². The Bertz CT molecular complexity index is 335. The van der Waals surface area contributed by atoms with Gasteiger partial charge in [-0.3, -0.25) is 14.4 Å². The molecule has 0 aromatic heterocycles. The van der Waals surface area contributed by atoms with E-state index >= 15 is 0 Å². The van der Waals surface area contributed by atoms with Crippen LogP contribution in [0.25, 0.3) is 0 Å². The van der Waals surface area contributed by atoms with Gasteiger partial charge in [0.2, 0.25) is 5.91 Å². The van der Waals surface area contributed by atoms with E-state index in [2.05, 4.69) is 0 Å². The molecule has 0 unspecified atom stereocenters. The number of carboxylic acids is 1. The first kappa shape index (κ1) is 14.8. The van der Waals surface area contributed by atoms with Crippen molar-refractivity contribution < 1.29 is 19.5 Å². The summed E-state index contributed by atoms with van der Waals surface area (Å²) in [5.74, 6) is -0.109. The summed E-state index contributed by atoms with van der Waals surface area (Å²) in [4.78, 5) is 36.6. The van der Waals surface area contributed by atoms with Crippen LogP contribution in [-0.2, 0) is 9.59 Å². The third-order valence-electron chi connectivity index (χ3n) is 2.75. The largest absolute Gasteiger partial charge is 0.481 e. The van der Waals surface area contributed by atoms with Gasteiger partial charge in [-0.1, -0.05) is 11.8 Å². The fraction of sp³-hybridized carbons (Fsp3) is 0.727. The Labute approximate surface area is 110 Å². The number of carboxylic acid groups (broad SMARTS) is 1. The normalized spacial score (nSPS) is 14.9. The average Bonchev–Trinajstić information content (AvgIpc) is 2.71. The smallest absolute Gasteiger partial charge is 0.303 e. The highest BCUT2D eigenvalue weighted by Gasteiger charge is 2.21. The van der Waals surface area contributed by atoms with Gasteiger partial charge in [0, 0.05) is 45.3 Å². The van der Waals surface area contributed by atoms with E-state index in [9.17, 15) is 14.4 Å². The van der Waals surface area contributed by atoms with Crippen molar-refractivity contribution in [3.05, 3.63) is 0 Å². The lowest BCUT2D eigenvalue weighted by atomic mass is 10.3. The van der Waals surface area contributed by atoms with Crippen molar-refractivity contribution >= 4 is 28.9 Å². The maximum atomic E-state index is 11.7. The van der Waals surface area contributed by atoms with E-state index in [4.69, 9.17) is 5.11 Å². The molecule has 0 aromatic rings. The monoisotopic (exact) mass is 274 g/mol. The number of amides is 2. The SMILES string of the molecule is CN(CCCC(=O)O)C(=O)CCN1CCSC1=O. The van der Waals surface area contributed by atoms with Crippen molar-refractivity contribution in [2.24, 2.45) is 0 Å². The maximum absolute atomic E-state index is 11.7. The molecule has 7 heteroatoms. The summed E-state index contributed by atoms with van der Waals surface area (Å²) in [6.45, 7) is 1.60. The van der Waals surface area contributed by atoms with Crippen LogP contribution in [0.1, 0.15) is 19.3 Å². The van der Waals surface area contributed by atoms with E-state index in [1.54, 1.807) is 11.9 Å². The van der Waals surface area contributed by atoms with Gasteiger partial charge in [-0.05, 0) is 6.42 Å². The van der Waals surface area contributed by atoms with Crippen molar-refractivity contribution in [2.75, 3.05) is 32.4 Å². The van der Waals surface area contributed by atoms with Gasteiger partial charge in [-0.25, -0.2) is 0 Å². The number of rotatable bonds is 7. The first-order chi connectivity index (χ1) is 8.50. The molecule has 0 radical (unpaired) electrons. The number of thioether (sulfide) groups is 1. The highest BCUT2D eigenvalue weighted by Crippen LogP contribution is 2.17. The number of hydrogen-bond acceptors (Lipinski definition) is 4. The minimum Gasteiger partial charge on any atom is -0.481 e. The molecule has 2 amide bonds. The lowest BCUT2D eigenvalue weighted by molar-refractivity contribution is -0.138. The Hall–Kier alpha value is -1.24. The molecule has 0 saturated carbocycles. The lowest BCUT2D eigenvalue weighted by Gasteiger charge is -2.19. The van der Waals surface area contributed by atoms with Crippen LogP contribution in [0, 0.1) is 0 Å². The van der Waals surface area contributed by atoms with Crippen LogP contribution in [0.2, 0.25) is 0 Å². The number of aliphatic carboxylic acids is 1. The summed E-state index contributed by atoms with van der Waals surface area (Å²) in [7, 11) is 1.66. The molecule has 1 heterocycles. The molecule has 0 atom stereocenters. The molecule has 1 fully saturated rings. The van der Waals surface area contributed by atoms with Gasteiger partial charge >= 0.3 is 5.97 Å². The van der Waals surface area contributed by atoms with Crippen molar-refractivity contribution in [1.29, 1.82) is 0 Å². The summed E-state index contributed by atoms with van der Waals surface area (Å²) < 4.78 is 0. The van der Waals surface area contributed by atoms with Gasteiger partial charge in [0.1, 0.15) is 0 Å². The summed E-state index contributed by atoms with van der Waals surface area (Å²) in [6.07, 6.45) is 0.824. The van der Waals surface area contributed by atoms with E-state index in [-0.39, 0.29) is 17.6 Å². The Kier molecular flexibility index (Phi) is 5.97. The van der Waals surface area contributed by atoms with Crippen LogP contribution < -0.4 is 0 Å². The summed E-state index contributed by atoms with van der Waals surface area (Å²) in [5.41, 5.74) is 0. The average molecular weight is 274 g/mol. The third-order valence-corrected chi connectivity index (χ3v) is 3.64. The Balaban J connectivity index is 2.19. The minimum atomic E-state index is -0.851. The van der Waals surface area contributed by atoms with Gasteiger partial charge in [0.25, 0.3) is 5.24 Å². The van der Waals surface area contributed by atoms with Gasteiger partial charge < -0.3 is 14.9 Å². The van der Waals surface area contributed by atoms with Gasteiger partial charge in [0.15, 0.2) is 0 Å². The van der Waals surface area contributed by atoms with Crippen molar-refractivity contribution in [3.63, 3.8) is 0 Å². The van der Waals surface area contributed by atoms with Crippen LogP contribution in [0.4, 0.5) is 4.79 Å². The predicted octanol–water partition coefficient (Wildman–Crippen LogP) is 0.869. The van der Waals surface area contributed by atoms with Crippen LogP contribution in [0.3, 0.4) is 0 Å². The number of nitrogens with zero attached hydrogens (tertiary/aromatic N) is 2. The fourth-order valence-electron chi connectivity index (χ4n) is 1.64. The molecule has 102 valence electrons. The lowest BCUT2D eigenvalue weighted by Crippen LogP contribution is -2.33. The second-order valence-corrected chi connectivity index (χ2v) is 5.21. The first-order valence-electron chi connectivity index (χ1n) is 5.88. The molecule has 1 saturated heterocycles. The molecule has 1 aliphatic rings. The molecule has 0 aliphatic carbocycles. The van der Waals surface area contributed by atoms with Crippen molar-refractivity contribution in [2.45, 2.75) is 19.3 Å². The van der Waals surface area contributed by atoms with Gasteiger partial charge in [-0.2, -0.15) is 0 Å². The van der Waals surface area contributed by atoms with Crippen LogP contribution in [0.15, 0.2) is 0 Å².